The summed E-state index contributed by atoms with van der Waals surface area (Å²) in [6.07, 6.45) is 4.66. The molecule has 3 heterocycles. The number of benzene rings is 2. The first kappa shape index (κ1) is 18.5. The van der Waals surface area contributed by atoms with Crippen LogP contribution in [0.1, 0.15) is 48.8 Å². The molecule has 2 aromatic rings. The summed E-state index contributed by atoms with van der Waals surface area (Å²) < 4.78 is 11.2. The first-order valence-electron chi connectivity index (χ1n) is 10.6. The lowest BCUT2D eigenvalue weighted by molar-refractivity contribution is -0.0896. The maximum Gasteiger partial charge on any atom is 0.410 e. The van der Waals surface area contributed by atoms with Crippen LogP contribution in [0.4, 0.5) is 4.79 Å². The Morgan fingerprint density at radius 1 is 1.14 bits per heavy atom. The van der Waals surface area contributed by atoms with Crippen LogP contribution in [0.15, 0.2) is 48.5 Å². The van der Waals surface area contributed by atoms with E-state index in [1.165, 1.54) is 5.56 Å². The molecule has 0 saturated carbocycles. The van der Waals surface area contributed by atoms with Crippen molar-refractivity contribution in [2.45, 2.75) is 62.8 Å². The highest BCUT2D eigenvalue weighted by atomic mass is 16.6. The number of piperidine rings is 2. The minimum absolute atomic E-state index is 0.0141. The smallest absolute Gasteiger partial charge is 0.410 e. The van der Waals surface area contributed by atoms with Crippen molar-refractivity contribution in [2.24, 2.45) is 0 Å². The predicted octanol–water partition coefficient (Wildman–Crippen LogP) is 4.16. The summed E-state index contributed by atoms with van der Waals surface area (Å²) in [5.74, 6) is 0.930. The first-order chi connectivity index (χ1) is 14.1. The Labute approximate surface area is 171 Å². The molecule has 0 radical (unpaired) electrons. The monoisotopic (exact) mass is 393 g/mol. The summed E-state index contributed by atoms with van der Waals surface area (Å²) in [6, 6.07) is 15.9. The van der Waals surface area contributed by atoms with Crippen LogP contribution in [-0.2, 0) is 23.4 Å². The Morgan fingerprint density at radius 3 is 2.66 bits per heavy atom. The molecule has 2 unspecified atom stereocenters. The highest BCUT2D eigenvalue weighted by molar-refractivity contribution is 5.69. The zero-order valence-corrected chi connectivity index (χ0v) is 16.5. The fourth-order valence-corrected chi connectivity index (χ4v) is 5.23. The number of carbonyl (C=O) groups is 1. The molecule has 0 spiro atoms. The van der Waals surface area contributed by atoms with E-state index in [0.717, 1.165) is 42.6 Å². The van der Waals surface area contributed by atoms with E-state index in [0.29, 0.717) is 19.4 Å². The lowest BCUT2D eigenvalue weighted by Gasteiger charge is -2.51. The number of aliphatic hydroxyl groups is 1. The SMILES string of the molecule is O=C(OCc1ccccc1)N1C2CCCC1CC(O)(c1ccc3c(c1)CCO3)C2. The van der Waals surface area contributed by atoms with Gasteiger partial charge in [0, 0.05) is 31.3 Å². The van der Waals surface area contributed by atoms with Crippen LogP contribution < -0.4 is 4.74 Å². The maximum atomic E-state index is 12.9. The lowest BCUT2D eigenvalue weighted by Crippen LogP contribution is -2.58. The van der Waals surface area contributed by atoms with E-state index >= 15 is 0 Å². The van der Waals surface area contributed by atoms with Crippen LogP contribution >= 0.6 is 0 Å². The molecule has 3 aliphatic rings. The van der Waals surface area contributed by atoms with Crippen LogP contribution in [0, 0.1) is 0 Å². The summed E-state index contributed by atoms with van der Waals surface area (Å²) in [7, 11) is 0. The standard InChI is InChI=1S/C24H27NO4/c26-23(29-16-17-5-2-1-3-6-17)25-20-7-4-8-21(25)15-24(27,14-20)19-9-10-22-18(13-19)11-12-28-22/h1-3,5-6,9-10,13,20-21,27H,4,7-8,11-12,14-16H2. The van der Waals surface area contributed by atoms with Gasteiger partial charge in [0.15, 0.2) is 0 Å². The number of rotatable bonds is 3. The summed E-state index contributed by atoms with van der Waals surface area (Å²) in [5.41, 5.74) is 2.21. The van der Waals surface area contributed by atoms with Crippen molar-refractivity contribution in [3.05, 3.63) is 65.2 Å². The van der Waals surface area contributed by atoms with Crippen molar-refractivity contribution < 1.29 is 19.4 Å². The normalized spacial score (nSPS) is 27.8. The Balaban J connectivity index is 1.32. The summed E-state index contributed by atoms with van der Waals surface area (Å²) in [6.45, 7) is 0.994. The number of amides is 1. The van der Waals surface area contributed by atoms with Gasteiger partial charge in [0.05, 0.1) is 12.2 Å². The van der Waals surface area contributed by atoms with Gasteiger partial charge in [0.2, 0.25) is 0 Å². The molecule has 0 aliphatic carbocycles. The van der Waals surface area contributed by atoms with E-state index in [9.17, 15) is 9.90 Å². The zero-order valence-electron chi connectivity index (χ0n) is 16.5. The number of hydrogen-bond donors (Lipinski definition) is 1. The molecule has 152 valence electrons. The minimum Gasteiger partial charge on any atom is -0.493 e. The summed E-state index contributed by atoms with van der Waals surface area (Å²) >= 11 is 0. The average Bonchev–Trinajstić information content (AvgIpc) is 3.20. The second kappa shape index (κ2) is 7.38. The second-order valence-corrected chi connectivity index (χ2v) is 8.55. The number of ether oxygens (including phenoxy) is 2. The van der Waals surface area contributed by atoms with Crippen molar-refractivity contribution in [3.63, 3.8) is 0 Å². The molecule has 5 nitrogen and oxygen atoms in total. The molecule has 2 atom stereocenters. The molecule has 3 aliphatic heterocycles. The van der Waals surface area contributed by atoms with E-state index in [4.69, 9.17) is 9.47 Å². The fraction of sp³-hybridized carbons (Fsp3) is 0.458. The highest BCUT2D eigenvalue weighted by Gasteiger charge is 2.48. The van der Waals surface area contributed by atoms with Gasteiger partial charge in [-0.05, 0) is 48.1 Å². The molecule has 2 bridgehead atoms. The number of fused-ring (bicyclic) bond motifs is 3. The Bertz CT molecular complexity index is 883. The number of nitrogens with zero attached hydrogens (tertiary/aromatic N) is 1. The van der Waals surface area contributed by atoms with Gasteiger partial charge in [0.25, 0.3) is 0 Å². The molecule has 0 aromatic heterocycles. The Morgan fingerprint density at radius 2 is 1.90 bits per heavy atom. The van der Waals surface area contributed by atoms with Gasteiger partial charge < -0.3 is 19.5 Å². The second-order valence-electron chi connectivity index (χ2n) is 8.55. The minimum atomic E-state index is -0.899. The zero-order chi connectivity index (χ0) is 19.8. The van der Waals surface area contributed by atoms with Crippen molar-refractivity contribution >= 4 is 6.09 Å². The van der Waals surface area contributed by atoms with Gasteiger partial charge in [0.1, 0.15) is 12.4 Å². The maximum absolute atomic E-state index is 12.9. The molecule has 1 amide bonds. The molecule has 5 heteroatoms. The summed E-state index contributed by atoms with van der Waals surface area (Å²) in [5, 5.41) is 11.6. The Kier molecular flexibility index (Phi) is 4.70. The third kappa shape index (κ3) is 3.48. The molecule has 2 aromatic carbocycles. The van der Waals surface area contributed by atoms with Gasteiger partial charge in [-0.1, -0.05) is 36.4 Å². The molecule has 1 N–H and O–H groups in total. The van der Waals surface area contributed by atoms with E-state index in [1.54, 1.807) is 0 Å². The first-order valence-corrected chi connectivity index (χ1v) is 10.6. The van der Waals surface area contributed by atoms with E-state index in [1.807, 2.05) is 47.4 Å². The van der Waals surface area contributed by atoms with Crippen LogP contribution in [-0.4, -0.2) is 34.8 Å². The van der Waals surface area contributed by atoms with Crippen LogP contribution in [0.3, 0.4) is 0 Å². The van der Waals surface area contributed by atoms with E-state index in [-0.39, 0.29) is 24.8 Å². The van der Waals surface area contributed by atoms with E-state index < -0.39 is 5.60 Å². The van der Waals surface area contributed by atoms with Gasteiger partial charge >= 0.3 is 6.09 Å². The van der Waals surface area contributed by atoms with Gasteiger partial charge in [-0.3, -0.25) is 0 Å². The molecule has 2 fully saturated rings. The van der Waals surface area contributed by atoms with Crippen LogP contribution in [0.5, 0.6) is 5.75 Å². The third-order valence-corrected chi connectivity index (χ3v) is 6.65. The lowest BCUT2D eigenvalue weighted by atomic mass is 9.72. The van der Waals surface area contributed by atoms with Crippen molar-refractivity contribution in [2.75, 3.05) is 6.61 Å². The largest absolute Gasteiger partial charge is 0.493 e. The molecular weight excluding hydrogens is 366 g/mol. The molecule has 2 saturated heterocycles. The van der Waals surface area contributed by atoms with Crippen molar-refractivity contribution in [3.8, 4) is 5.75 Å². The van der Waals surface area contributed by atoms with Crippen LogP contribution in [0.2, 0.25) is 0 Å². The Hall–Kier alpha value is -2.53. The quantitative estimate of drug-likeness (QED) is 0.851. The van der Waals surface area contributed by atoms with Crippen molar-refractivity contribution in [1.82, 2.24) is 4.90 Å². The van der Waals surface area contributed by atoms with Crippen molar-refractivity contribution in [1.29, 1.82) is 0 Å². The molecular formula is C24H27NO4. The molecule has 5 rings (SSSR count). The predicted molar refractivity (Wildman–Crippen MR) is 109 cm³/mol. The highest BCUT2D eigenvalue weighted by Crippen LogP contribution is 2.45. The number of hydrogen-bond acceptors (Lipinski definition) is 4. The summed E-state index contributed by atoms with van der Waals surface area (Å²) in [4.78, 5) is 14.8. The fourth-order valence-electron chi connectivity index (χ4n) is 5.23. The average molecular weight is 393 g/mol. The topological polar surface area (TPSA) is 59.0 Å². The van der Waals surface area contributed by atoms with Gasteiger partial charge in [-0.15, -0.1) is 0 Å². The van der Waals surface area contributed by atoms with Gasteiger partial charge in [-0.25, -0.2) is 4.79 Å². The van der Waals surface area contributed by atoms with Gasteiger partial charge in [-0.2, -0.15) is 0 Å². The van der Waals surface area contributed by atoms with Crippen LogP contribution in [0.25, 0.3) is 0 Å². The third-order valence-electron chi connectivity index (χ3n) is 6.65. The van der Waals surface area contributed by atoms with E-state index in [2.05, 4.69) is 6.07 Å². The number of carbonyl (C=O) groups excluding carboxylic acids is 1. The molecule has 29 heavy (non-hydrogen) atoms.